The molecule has 0 bridgehead atoms. The third kappa shape index (κ3) is 7.36. The van der Waals surface area contributed by atoms with Crippen LogP contribution in [0.1, 0.15) is 24.0 Å². The summed E-state index contributed by atoms with van der Waals surface area (Å²) in [5.74, 6) is 1.53. The van der Waals surface area contributed by atoms with Gasteiger partial charge in [0, 0.05) is 20.1 Å². The first kappa shape index (κ1) is 17.6. The molecule has 0 radical (unpaired) electrons. The second kappa shape index (κ2) is 8.19. The van der Waals surface area contributed by atoms with Crippen LogP contribution in [0.25, 0.3) is 0 Å². The van der Waals surface area contributed by atoms with E-state index in [4.69, 9.17) is 0 Å². The van der Waals surface area contributed by atoms with Crippen LogP contribution in [-0.4, -0.2) is 32.3 Å². The fraction of sp³-hybridized carbons (Fsp3) is 0.562. The van der Waals surface area contributed by atoms with Crippen LogP contribution in [0.15, 0.2) is 29.3 Å². The van der Waals surface area contributed by atoms with E-state index in [1.54, 1.807) is 19.2 Å². The van der Waals surface area contributed by atoms with Crippen molar-refractivity contribution < 1.29 is 17.9 Å². The van der Waals surface area contributed by atoms with Gasteiger partial charge < -0.3 is 15.4 Å². The number of ether oxygens (including phenoxy) is 1. The number of hydrogen-bond acceptors (Lipinski definition) is 2. The third-order valence-corrected chi connectivity index (χ3v) is 3.50. The second-order valence-electron chi connectivity index (χ2n) is 5.67. The number of benzene rings is 1. The average molecular weight is 329 g/mol. The van der Waals surface area contributed by atoms with E-state index in [9.17, 15) is 13.2 Å². The Morgan fingerprint density at radius 2 is 1.83 bits per heavy atom. The van der Waals surface area contributed by atoms with E-state index in [0.29, 0.717) is 12.1 Å². The summed E-state index contributed by atoms with van der Waals surface area (Å²) in [5.41, 5.74) is 1.74. The molecule has 0 unspecified atom stereocenters. The Labute approximate surface area is 134 Å². The highest BCUT2D eigenvalue weighted by atomic mass is 19.4. The molecule has 0 atom stereocenters. The largest absolute Gasteiger partial charge is 0.411 e. The van der Waals surface area contributed by atoms with Crippen LogP contribution < -0.4 is 10.6 Å². The van der Waals surface area contributed by atoms with Crippen LogP contribution >= 0.6 is 0 Å². The Morgan fingerprint density at radius 1 is 1.17 bits per heavy atom. The number of halogens is 3. The second-order valence-corrected chi connectivity index (χ2v) is 5.67. The molecule has 7 heteroatoms. The van der Waals surface area contributed by atoms with Crippen LogP contribution in [0, 0.1) is 5.92 Å². The minimum absolute atomic E-state index is 0.0438. The molecule has 23 heavy (non-hydrogen) atoms. The number of guanidine groups is 1. The lowest BCUT2D eigenvalue weighted by atomic mass is 10.1. The molecule has 1 aliphatic carbocycles. The molecule has 128 valence electrons. The van der Waals surface area contributed by atoms with Gasteiger partial charge in [-0.2, -0.15) is 13.2 Å². The summed E-state index contributed by atoms with van der Waals surface area (Å²) in [5, 5.41) is 6.48. The summed E-state index contributed by atoms with van der Waals surface area (Å²) in [6.45, 7) is 0.278. The number of nitrogens with one attached hydrogen (secondary N) is 2. The first-order valence-corrected chi connectivity index (χ1v) is 7.63. The Morgan fingerprint density at radius 3 is 2.39 bits per heavy atom. The molecule has 1 saturated carbocycles. The molecule has 0 aliphatic heterocycles. The van der Waals surface area contributed by atoms with Crippen LogP contribution in [0.3, 0.4) is 0 Å². The fourth-order valence-electron chi connectivity index (χ4n) is 2.01. The highest BCUT2D eigenvalue weighted by Crippen LogP contribution is 2.27. The monoisotopic (exact) mass is 329 g/mol. The van der Waals surface area contributed by atoms with Gasteiger partial charge in [-0.15, -0.1) is 0 Å². The smallest absolute Gasteiger partial charge is 0.367 e. The van der Waals surface area contributed by atoms with Gasteiger partial charge in [0.1, 0.15) is 6.61 Å². The molecule has 2 rings (SSSR count). The predicted molar refractivity (Wildman–Crippen MR) is 83.1 cm³/mol. The van der Waals surface area contributed by atoms with Crippen LogP contribution in [-0.2, 0) is 17.9 Å². The zero-order valence-corrected chi connectivity index (χ0v) is 13.1. The molecule has 2 N–H and O–H groups in total. The van der Waals surface area contributed by atoms with Crippen LogP contribution in [0.2, 0.25) is 0 Å². The van der Waals surface area contributed by atoms with Gasteiger partial charge in [-0.05, 0) is 29.9 Å². The molecule has 0 saturated heterocycles. The van der Waals surface area contributed by atoms with E-state index in [1.165, 1.54) is 12.8 Å². The molecule has 4 nitrogen and oxygen atoms in total. The molecule has 1 fully saturated rings. The minimum Gasteiger partial charge on any atom is -0.367 e. The van der Waals surface area contributed by atoms with Crippen molar-refractivity contribution in [2.75, 3.05) is 20.2 Å². The predicted octanol–water partition coefficient (Wildman–Crippen LogP) is 2.84. The van der Waals surface area contributed by atoms with E-state index in [-0.39, 0.29) is 6.61 Å². The molecule has 1 aliphatic rings. The van der Waals surface area contributed by atoms with Crippen molar-refractivity contribution in [1.29, 1.82) is 0 Å². The molecule has 1 aromatic rings. The van der Waals surface area contributed by atoms with E-state index >= 15 is 0 Å². The lowest BCUT2D eigenvalue weighted by Crippen LogP contribution is -2.37. The molecule has 0 heterocycles. The maximum Gasteiger partial charge on any atom is 0.411 e. The Bertz CT molecular complexity index is 510. The Balaban J connectivity index is 1.71. The van der Waals surface area contributed by atoms with Crippen molar-refractivity contribution in [2.24, 2.45) is 10.9 Å². The zero-order chi connectivity index (χ0) is 16.7. The van der Waals surface area contributed by atoms with Gasteiger partial charge in [-0.3, -0.25) is 4.99 Å². The zero-order valence-electron chi connectivity index (χ0n) is 13.1. The highest BCUT2D eigenvalue weighted by molar-refractivity contribution is 5.79. The number of hydrogen-bond donors (Lipinski definition) is 2. The molecular weight excluding hydrogens is 307 g/mol. The van der Waals surface area contributed by atoms with E-state index in [0.717, 1.165) is 24.0 Å². The van der Waals surface area contributed by atoms with Crippen LogP contribution in [0.5, 0.6) is 0 Å². The molecule has 0 amide bonds. The first-order valence-electron chi connectivity index (χ1n) is 7.63. The number of aliphatic imine (C=N–C) groups is 1. The Hall–Kier alpha value is -1.76. The molecule has 0 aromatic heterocycles. The van der Waals surface area contributed by atoms with Gasteiger partial charge in [-0.25, -0.2) is 0 Å². The highest BCUT2D eigenvalue weighted by Gasteiger charge is 2.27. The number of nitrogens with zero attached hydrogens (tertiary/aromatic N) is 1. The van der Waals surface area contributed by atoms with Gasteiger partial charge in [-0.1, -0.05) is 24.3 Å². The van der Waals surface area contributed by atoms with Gasteiger partial charge in [0.2, 0.25) is 0 Å². The summed E-state index contributed by atoms with van der Waals surface area (Å²) in [6.07, 6.45) is -1.73. The number of alkyl halides is 3. The maximum absolute atomic E-state index is 12.0. The van der Waals surface area contributed by atoms with E-state index in [2.05, 4.69) is 20.4 Å². The molecule has 0 spiro atoms. The van der Waals surface area contributed by atoms with Crippen molar-refractivity contribution in [3.8, 4) is 0 Å². The van der Waals surface area contributed by atoms with Crippen LogP contribution in [0.4, 0.5) is 13.2 Å². The van der Waals surface area contributed by atoms with Gasteiger partial charge >= 0.3 is 6.18 Å². The normalized spacial score (nSPS) is 15.6. The lowest BCUT2D eigenvalue weighted by molar-refractivity contribution is -0.176. The minimum atomic E-state index is -4.28. The number of rotatable bonds is 7. The van der Waals surface area contributed by atoms with Crippen molar-refractivity contribution in [1.82, 2.24) is 10.6 Å². The maximum atomic E-state index is 12.0. The standard InChI is InChI=1S/C16H22F3N3O/c1-20-15(21-8-12-2-3-12)22-9-13-4-6-14(7-5-13)10-23-11-16(17,18)19/h4-7,12H,2-3,8-11H2,1H3,(H2,20,21,22). The summed E-state index contributed by atoms with van der Waals surface area (Å²) in [4.78, 5) is 4.15. The molecular formula is C16H22F3N3O. The quantitative estimate of drug-likeness (QED) is 0.597. The summed E-state index contributed by atoms with van der Waals surface area (Å²) in [7, 11) is 1.73. The topological polar surface area (TPSA) is 45.7 Å². The summed E-state index contributed by atoms with van der Waals surface area (Å²) < 4.78 is 40.6. The third-order valence-electron chi connectivity index (χ3n) is 3.50. The molecule has 1 aromatic carbocycles. The first-order chi connectivity index (χ1) is 11.0. The summed E-state index contributed by atoms with van der Waals surface area (Å²) in [6, 6.07) is 7.28. The van der Waals surface area contributed by atoms with Crippen molar-refractivity contribution >= 4 is 5.96 Å². The van der Waals surface area contributed by atoms with E-state index in [1.807, 2.05) is 12.1 Å². The lowest BCUT2D eigenvalue weighted by Gasteiger charge is -2.12. The van der Waals surface area contributed by atoms with E-state index < -0.39 is 12.8 Å². The van der Waals surface area contributed by atoms with Gasteiger partial charge in [0.15, 0.2) is 5.96 Å². The van der Waals surface area contributed by atoms with Gasteiger partial charge in [0.05, 0.1) is 6.61 Å². The fourth-order valence-corrected chi connectivity index (χ4v) is 2.01. The van der Waals surface area contributed by atoms with Crippen molar-refractivity contribution in [3.05, 3.63) is 35.4 Å². The SMILES string of the molecule is CN=C(NCc1ccc(COCC(F)(F)F)cc1)NCC1CC1. The summed E-state index contributed by atoms with van der Waals surface area (Å²) >= 11 is 0. The van der Waals surface area contributed by atoms with Crippen molar-refractivity contribution in [2.45, 2.75) is 32.2 Å². The van der Waals surface area contributed by atoms with Gasteiger partial charge in [0.25, 0.3) is 0 Å². The Kier molecular flexibility index (Phi) is 6.27. The average Bonchev–Trinajstić information content (AvgIpc) is 3.32. The van der Waals surface area contributed by atoms with Crippen molar-refractivity contribution in [3.63, 3.8) is 0 Å².